The molecule has 0 saturated carbocycles. The second kappa shape index (κ2) is 11.2. The van der Waals surface area contributed by atoms with E-state index in [1.54, 1.807) is 6.07 Å². The summed E-state index contributed by atoms with van der Waals surface area (Å²) in [6.07, 6.45) is 3.18. The number of hydrogen-bond donors (Lipinski definition) is 1. The molecule has 7 heteroatoms. The van der Waals surface area contributed by atoms with Crippen LogP contribution in [0.1, 0.15) is 18.4 Å². The van der Waals surface area contributed by atoms with Crippen molar-refractivity contribution in [2.45, 2.75) is 19.3 Å². The van der Waals surface area contributed by atoms with Gasteiger partial charge in [-0.2, -0.15) is 0 Å². The average Bonchev–Trinajstić information content (AvgIpc) is 2.54. The van der Waals surface area contributed by atoms with E-state index in [4.69, 9.17) is 27.9 Å². The lowest BCUT2D eigenvalue weighted by molar-refractivity contribution is -0.142. The van der Waals surface area contributed by atoms with Crippen LogP contribution in [-0.2, 0) is 16.0 Å². The van der Waals surface area contributed by atoms with Crippen molar-refractivity contribution in [2.75, 3.05) is 39.8 Å². The van der Waals surface area contributed by atoms with Gasteiger partial charge in [-0.05, 0) is 56.0 Å². The predicted molar refractivity (Wildman–Crippen MR) is 101 cm³/mol. The average molecular weight is 396 g/mol. The van der Waals surface area contributed by atoms with Gasteiger partial charge in [0.1, 0.15) is 0 Å². The van der Waals surface area contributed by atoms with E-state index < -0.39 is 0 Å². The molecule has 1 aliphatic rings. The Morgan fingerprint density at radius 3 is 2.83 bits per heavy atom. The Morgan fingerprint density at radius 1 is 1.42 bits per heavy atom. The molecule has 1 fully saturated rings. The minimum Gasteiger partial charge on any atom is -0.468 e. The van der Waals surface area contributed by atoms with Crippen LogP contribution < -0.4 is 5.32 Å². The number of benzene rings is 1. The number of halogens is 3. The third-order valence-corrected chi connectivity index (χ3v) is 4.80. The third kappa shape index (κ3) is 7.16. The smallest absolute Gasteiger partial charge is 0.319 e. The lowest BCUT2D eigenvalue weighted by Gasteiger charge is -2.29. The van der Waals surface area contributed by atoms with Crippen LogP contribution in [0.2, 0.25) is 10.0 Å². The van der Waals surface area contributed by atoms with Crippen molar-refractivity contribution in [3.05, 3.63) is 33.8 Å². The molecular formula is C17H25Cl3N2O2. The van der Waals surface area contributed by atoms with Crippen molar-refractivity contribution in [1.82, 2.24) is 10.2 Å². The van der Waals surface area contributed by atoms with Gasteiger partial charge in [-0.3, -0.25) is 9.69 Å². The summed E-state index contributed by atoms with van der Waals surface area (Å²) >= 11 is 12.2. The second-order valence-electron chi connectivity index (χ2n) is 6.01. The van der Waals surface area contributed by atoms with Crippen LogP contribution in [0.15, 0.2) is 18.2 Å². The summed E-state index contributed by atoms with van der Waals surface area (Å²) in [5.74, 6) is 0.380. The molecule has 0 radical (unpaired) electrons. The van der Waals surface area contributed by atoms with Crippen molar-refractivity contribution in [3.8, 4) is 0 Å². The van der Waals surface area contributed by atoms with Gasteiger partial charge in [0.15, 0.2) is 0 Å². The van der Waals surface area contributed by atoms with Crippen LogP contribution in [-0.4, -0.2) is 50.7 Å². The summed E-state index contributed by atoms with van der Waals surface area (Å²) in [6.45, 7) is 4.09. The van der Waals surface area contributed by atoms with E-state index in [-0.39, 0.29) is 18.4 Å². The highest BCUT2D eigenvalue weighted by Crippen LogP contribution is 2.22. The highest BCUT2D eigenvalue weighted by Gasteiger charge is 2.19. The standard InChI is InChI=1S/C17H24Cl2N2O2.ClH/c1-23-17(22)12-21(11-13-3-2-7-20-10-13)8-6-14-4-5-15(18)9-16(14)19;/h4-5,9,13,20H,2-3,6-8,10-12H2,1H3;1H. The van der Waals surface area contributed by atoms with Gasteiger partial charge in [-0.1, -0.05) is 29.3 Å². The van der Waals surface area contributed by atoms with E-state index in [2.05, 4.69) is 10.2 Å². The molecule has 136 valence electrons. The lowest BCUT2D eigenvalue weighted by atomic mass is 9.99. The third-order valence-electron chi connectivity index (χ3n) is 4.21. The van der Waals surface area contributed by atoms with Gasteiger partial charge in [-0.25, -0.2) is 0 Å². The molecule has 1 unspecified atom stereocenters. The molecule has 0 amide bonds. The first kappa shape index (κ1) is 21.5. The van der Waals surface area contributed by atoms with Crippen molar-refractivity contribution in [3.63, 3.8) is 0 Å². The number of hydrogen-bond acceptors (Lipinski definition) is 4. The van der Waals surface area contributed by atoms with Crippen molar-refractivity contribution in [1.29, 1.82) is 0 Å². The van der Waals surface area contributed by atoms with Crippen LogP contribution in [0.5, 0.6) is 0 Å². The number of piperidine rings is 1. The molecule has 1 heterocycles. The Hall–Kier alpha value is -0.520. The quantitative estimate of drug-likeness (QED) is 0.718. The summed E-state index contributed by atoms with van der Waals surface area (Å²) in [7, 11) is 1.43. The molecule has 1 aromatic carbocycles. The zero-order chi connectivity index (χ0) is 16.7. The van der Waals surface area contributed by atoms with Gasteiger partial charge in [0.2, 0.25) is 0 Å². The molecule has 1 N–H and O–H groups in total. The number of rotatable bonds is 7. The Morgan fingerprint density at radius 2 is 2.21 bits per heavy atom. The molecule has 1 saturated heterocycles. The molecule has 1 aliphatic heterocycles. The van der Waals surface area contributed by atoms with Crippen molar-refractivity contribution >= 4 is 41.6 Å². The summed E-state index contributed by atoms with van der Waals surface area (Å²) in [6, 6.07) is 5.55. The number of carbonyl (C=O) groups excluding carboxylic acids is 1. The number of ether oxygens (including phenoxy) is 1. The predicted octanol–water partition coefficient (Wildman–Crippen LogP) is 3.43. The number of nitrogens with one attached hydrogen (secondary N) is 1. The molecule has 24 heavy (non-hydrogen) atoms. The Balaban J connectivity index is 0.00000288. The van der Waals surface area contributed by atoms with Crippen LogP contribution >= 0.6 is 35.6 Å². The van der Waals surface area contributed by atoms with E-state index >= 15 is 0 Å². The first-order chi connectivity index (χ1) is 11.1. The fourth-order valence-corrected chi connectivity index (χ4v) is 3.43. The Labute approximate surface area is 160 Å². The molecule has 0 spiro atoms. The molecular weight excluding hydrogens is 371 g/mol. The van der Waals surface area contributed by atoms with Crippen LogP contribution in [0.25, 0.3) is 0 Å². The van der Waals surface area contributed by atoms with E-state index in [0.717, 1.165) is 38.2 Å². The first-order valence-corrected chi connectivity index (χ1v) is 8.78. The SMILES string of the molecule is COC(=O)CN(CCc1ccc(Cl)cc1Cl)CC1CCCNC1.Cl. The molecule has 0 aromatic heterocycles. The molecule has 4 nitrogen and oxygen atoms in total. The van der Waals surface area contributed by atoms with Crippen LogP contribution in [0.4, 0.5) is 0 Å². The normalized spacial score (nSPS) is 17.4. The molecule has 1 atom stereocenters. The Bertz CT molecular complexity index is 523. The summed E-state index contributed by atoms with van der Waals surface area (Å²) in [4.78, 5) is 13.8. The molecule has 0 bridgehead atoms. The molecule has 1 aromatic rings. The van der Waals surface area contributed by atoms with Gasteiger partial charge in [0.05, 0.1) is 13.7 Å². The van der Waals surface area contributed by atoms with E-state index in [1.165, 1.54) is 20.0 Å². The van der Waals surface area contributed by atoms with Gasteiger partial charge < -0.3 is 10.1 Å². The highest BCUT2D eigenvalue weighted by atomic mass is 35.5. The number of carbonyl (C=O) groups is 1. The fraction of sp³-hybridized carbons (Fsp3) is 0.588. The first-order valence-electron chi connectivity index (χ1n) is 8.02. The fourth-order valence-electron chi connectivity index (χ4n) is 2.93. The molecule has 0 aliphatic carbocycles. The van der Waals surface area contributed by atoms with E-state index in [1.807, 2.05) is 12.1 Å². The number of esters is 1. The van der Waals surface area contributed by atoms with Crippen LogP contribution in [0.3, 0.4) is 0 Å². The van der Waals surface area contributed by atoms with Gasteiger partial charge in [-0.15, -0.1) is 12.4 Å². The van der Waals surface area contributed by atoms with Crippen molar-refractivity contribution < 1.29 is 9.53 Å². The van der Waals surface area contributed by atoms with E-state index in [9.17, 15) is 4.79 Å². The molecule has 2 rings (SSSR count). The van der Waals surface area contributed by atoms with Gasteiger partial charge in [0, 0.05) is 23.1 Å². The zero-order valence-electron chi connectivity index (χ0n) is 13.9. The van der Waals surface area contributed by atoms with Gasteiger partial charge in [0.25, 0.3) is 0 Å². The highest BCUT2D eigenvalue weighted by molar-refractivity contribution is 6.35. The van der Waals surface area contributed by atoms with Crippen LogP contribution in [0, 0.1) is 5.92 Å². The second-order valence-corrected chi connectivity index (χ2v) is 6.85. The van der Waals surface area contributed by atoms with E-state index in [0.29, 0.717) is 22.5 Å². The number of nitrogens with zero attached hydrogens (tertiary/aromatic N) is 1. The summed E-state index contributed by atoms with van der Waals surface area (Å²) < 4.78 is 4.82. The summed E-state index contributed by atoms with van der Waals surface area (Å²) in [5.41, 5.74) is 1.05. The zero-order valence-corrected chi connectivity index (χ0v) is 16.2. The monoisotopic (exact) mass is 394 g/mol. The Kier molecular flexibility index (Phi) is 10.0. The maximum atomic E-state index is 11.7. The largest absolute Gasteiger partial charge is 0.468 e. The van der Waals surface area contributed by atoms with Crippen molar-refractivity contribution in [2.24, 2.45) is 5.92 Å². The minimum absolute atomic E-state index is 0. The maximum absolute atomic E-state index is 11.7. The summed E-state index contributed by atoms with van der Waals surface area (Å²) in [5, 5.41) is 4.73. The lowest BCUT2D eigenvalue weighted by Crippen LogP contribution is -2.41. The topological polar surface area (TPSA) is 41.6 Å². The van der Waals surface area contributed by atoms with Gasteiger partial charge >= 0.3 is 5.97 Å². The number of methoxy groups -OCH3 is 1. The maximum Gasteiger partial charge on any atom is 0.319 e. The minimum atomic E-state index is -0.198.